The number of fused-ring (bicyclic) bond motifs is 2. The van der Waals surface area contributed by atoms with E-state index in [1.54, 1.807) is 19.4 Å². The monoisotopic (exact) mass is 702 g/mol. The molecule has 0 bridgehead atoms. The van der Waals surface area contributed by atoms with Gasteiger partial charge in [0.25, 0.3) is 12.3 Å². The molecule has 0 atom stereocenters. The van der Waals surface area contributed by atoms with Crippen molar-refractivity contribution in [3.8, 4) is 11.3 Å². The van der Waals surface area contributed by atoms with Crippen molar-refractivity contribution < 1.29 is 22.8 Å². The van der Waals surface area contributed by atoms with Crippen molar-refractivity contribution in [1.29, 1.82) is 0 Å². The number of anilines is 3. The Morgan fingerprint density at radius 2 is 1.76 bits per heavy atom. The number of amides is 2. The molecule has 0 spiro atoms. The Balaban J connectivity index is 1.26. The number of carbonyl (C=O) groups excluding carboxylic acids is 2. The van der Waals surface area contributed by atoms with Crippen LogP contribution in [0.5, 0.6) is 0 Å². The Kier molecular flexibility index (Phi) is 8.84. The first-order valence-corrected chi connectivity index (χ1v) is 17.8. The van der Waals surface area contributed by atoms with Crippen molar-refractivity contribution in [3.63, 3.8) is 0 Å². The summed E-state index contributed by atoms with van der Waals surface area (Å²) >= 11 is 0. The van der Waals surface area contributed by atoms with E-state index in [0.717, 1.165) is 37.3 Å². The number of nitrogens with zero attached hydrogens (tertiary/aromatic N) is 6. The Bertz CT molecular complexity index is 2010. The fourth-order valence-electron chi connectivity index (χ4n) is 8.05. The van der Waals surface area contributed by atoms with Gasteiger partial charge in [-0.3, -0.25) is 19.5 Å². The molecule has 1 aliphatic carbocycles. The summed E-state index contributed by atoms with van der Waals surface area (Å²) in [6, 6.07) is 6.37. The molecule has 10 nitrogen and oxygen atoms in total. The van der Waals surface area contributed by atoms with Crippen LogP contribution >= 0.6 is 0 Å². The van der Waals surface area contributed by atoms with Gasteiger partial charge in [0, 0.05) is 34.9 Å². The van der Waals surface area contributed by atoms with E-state index in [-0.39, 0.29) is 34.8 Å². The lowest BCUT2D eigenvalue weighted by Crippen LogP contribution is -2.64. The number of carbonyl (C=O) groups is 2. The molecule has 1 saturated carbocycles. The van der Waals surface area contributed by atoms with Gasteiger partial charge in [-0.05, 0) is 110 Å². The molecule has 2 amide bonds. The zero-order valence-corrected chi connectivity index (χ0v) is 30.0. The molecule has 0 unspecified atom stereocenters. The highest BCUT2D eigenvalue weighted by Gasteiger charge is 2.54. The second-order valence-corrected chi connectivity index (χ2v) is 15.3. The molecule has 3 aromatic heterocycles. The van der Waals surface area contributed by atoms with E-state index < -0.39 is 30.1 Å². The average molecular weight is 703 g/mol. The highest BCUT2D eigenvalue weighted by Crippen LogP contribution is 2.50. The molecule has 3 aliphatic rings. The molecule has 7 rings (SSSR count). The molecule has 2 fully saturated rings. The maximum atomic E-state index is 15.5. The predicted octanol–water partition coefficient (Wildman–Crippen LogP) is 7.29. The zero-order chi connectivity index (χ0) is 36.4. The minimum atomic E-state index is -2.72. The van der Waals surface area contributed by atoms with E-state index in [0.29, 0.717) is 33.7 Å². The number of imidazole rings is 1. The maximum Gasteiger partial charge on any atom is 0.255 e. The van der Waals surface area contributed by atoms with E-state index in [1.807, 2.05) is 49.3 Å². The molecular weight excluding hydrogens is 657 g/mol. The Labute approximate surface area is 295 Å². The minimum Gasteiger partial charge on any atom is -0.346 e. The Morgan fingerprint density at radius 3 is 2.45 bits per heavy atom. The van der Waals surface area contributed by atoms with E-state index >= 15 is 4.39 Å². The van der Waals surface area contributed by atoms with E-state index in [2.05, 4.69) is 27.4 Å². The van der Waals surface area contributed by atoms with Crippen molar-refractivity contribution in [1.82, 2.24) is 29.7 Å². The zero-order valence-electron chi connectivity index (χ0n) is 30.0. The first-order valence-electron chi connectivity index (χ1n) is 17.8. The topological polar surface area (TPSA) is 108 Å². The smallest absolute Gasteiger partial charge is 0.255 e. The van der Waals surface area contributed by atoms with Gasteiger partial charge < -0.3 is 20.1 Å². The third-order valence-electron chi connectivity index (χ3n) is 10.9. The molecule has 1 aromatic carbocycles. The third kappa shape index (κ3) is 6.13. The molecule has 4 aromatic rings. The molecule has 2 N–H and O–H groups in total. The largest absolute Gasteiger partial charge is 0.346 e. The normalized spacial score (nSPS) is 21.7. The summed E-state index contributed by atoms with van der Waals surface area (Å²) in [5.74, 6) is -1.04. The SMILES string of the molecule is Cc1cc(F)c(Nc2nc(-c3cnc4c(c3)N([C@H]3C[C@@](C)(N5CCCCC5)C3)C(=O)C4(C)C)cc3ncn(C(C)C)c23)cc1C(=O)NCC(F)F. The number of pyridine rings is 2. The van der Waals surface area contributed by atoms with Crippen molar-refractivity contribution >= 4 is 40.0 Å². The van der Waals surface area contributed by atoms with Gasteiger partial charge in [0.05, 0.1) is 46.6 Å². The number of alkyl halides is 2. The van der Waals surface area contributed by atoms with Gasteiger partial charge in [0.2, 0.25) is 5.91 Å². The van der Waals surface area contributed by atoms with E-state index in [9.17, 15) is 18.4 Å². The van der Waals surface area contributed by atoms with Gasteiger partial charge in [0.15, 0.2) is 5.82 Å². The van der Waals surface area contributed by atoms with Gasteiger partial charge in [0.1, 0.15) is 11.3 Å². The number of benzene rings is 1. The lowest BCUT2D eigenvalue weighted by Gasteiger charge is -2.55. The van der Waals surface area contributed by atoms with Crippen molar-refractivity contribution in [3.05, 3.63) is 59.4 Å². The van der Waals surface area contributed by atoms with Crippen LogP contribution in [0.15, 0.2) is 36.8 Å². The number of piperidine rings is 1. The number of nitrogens with one attached hydrogen (secondary N) is 2. The summed E-state index contributed by atoms with van der Waals surface area (Å²) in [5, 5.41) is 5.28. The summed E-state index contributed by atoms with van der Waals surface area (Å²) in [4.78, 5) is 45.7. The number of likely N-dealkylation sites (tertiary alicyclic amines) is 1. The van der Waals surface area contributed by atoms with Crippen LogP contribution in [-0.4, -0.2) is 73.9 Å². The standard InChI is InChI=1S/C38H45F3N8O2/c1-21(2)48-20-44-29-15-27(45-34(32(29)48)46-28-14-25(22(3)12-26(28)39)35(50)43-19-31(40)41)23-13-30-33(42-18-23)37(4,5)36(51)49(30)24-16-38(6,17-24)47-10-8-7-9-11-47/h12-15,18,20-21,24,31H,7-11,16-17,19H2,1-6H3,(H,43,50)(H,45,46)/t24-,38+. The number of halogens is 3. The van der Waals surface area contributed by atoms with Crippen molar-refractivity contribution in [2.45, 2.75) is 103 Å². The molecule has 2 aliphatic heterocycles. The van der Waals surface area contributed by atoms with Crippen LogP contribution in [-0.2, 0) is 10.2 Å². The lowest BCUT2D eigenvalue weighted by atomic mass is 9.71. The van der Waals surface area contributed by atoms with Crippen molar-refractivity contribution in [2.75, 3.05) is 29.9 Å². The van der Waals surface area contributed by atoms with E-state index in [1.165, 1.54) is 31.4 Å². The van der Waals surface area contributed by atoms with E-state index in [4.69, 9.17) is 9.97 Å². The number of aryl methyl sites for hydroxylation is 1. The first-order chi connectivity index (χ1) is 24.2. The van der Waals surface area contributed by atoms with Crippen LogP contribution in [0, 0.1) is 12.7 Å². The van der Waals surface area contributed by atoms with Gasteiger partial charge >= 0.3 is 0 Å². The lowest BCUT2D eigenvalue weighted by molar-refractivity contribution is -0.123. The first kappa shape index (κ1) is 34.9. The van der Waals surface area contributed by atoms with Gasteiger partial charge in [-0.2, -0.15) is 0 Å². The number of aromatic nitrogens is 4. The Hall–Kier alpha value is -4.52. The molecule has 5 heterocycles. The number of rotatable bonds is 9. The molecule has 270 valence electrons. The summed E-state index contributed by atoms with van der Waals surface area (Å²) in [5.41, 5.74) is 3.52. The molecule has 13 heteroatoms. The van der Waals surface area contributed by atoms with Crippen LogP contribution in [0.2, 0.25) is 0 Å². The van der Waals surface area contributed by atoms with Gasteiger partial charge in [-0.25, -0.2) is 23.1 Å². The van der Waals surface area contributed by atoms with Crippen LogP contribution in [0.3, 0.4) is 0 Å². The maximum absolute atomic E-state index is 15.5. The van der Waals surface area contributed by atoms with Gasteiger partial charge in [-0.1, -0.05) is 6.42 Å². The summed E-state index contributed by atoms with van der Waals surface area (Å²) in [6.45, 7) is 13.1. The molecule has 51 heavy (non-hydrogen) atoms. The fraction of sp³-hybridized carbons (Fsp3) is 0.500. The number of hydrogen-bond donors (Lipinski definition) is 2. The second-order valence-electron chi connectivity index (χ2n) is 15.3. The summed E-state index contributed by atoms with van der Waals surface area (Å²) in [6.07, 6.45) is 6.18. The number of hydrogen-bond acceptors (Lipinski definition) is 7. The molecule has 1 saturated heterocycles. The van der Waals surface area contributed by atoms with Gasteiger partial charge in [-0.15, -0.1) is 0 Å². The van der Waals surface area contributed by atoms with Crippen LogP contribution < -0.4 is 15.5 Å². The highest BCUT2D eigenvalue weighted by molar-refractivity contribution is 6.08. The van der Waals surface area contributed by atoms with Crippen LogP contribution in [0.4, 0.5) is 30.4 Å². The van der Waals surface area contributed by atoms with Crippen LogP contribution in [0.1, 0.15) is 94.4 Å². The summed E-state index contributed by atoms with van der Waals surface area (Å²) < 4.78 is 43.0. The minimum absolute atomic E-state index is 0.0108. The van der Waals surface area contributed by atoms with Crippen LogP contribution in [0.25, 0.3) is 22.3 Å². The quantitative estimate of drug-likeness (QED) is 0.189. The van der Waals surface area contributed by atoms with Crippen molar-refractivity contribution in [2.24, 2.45) is 0 Å². The predicted molar refractivity (Wildman–Crippen MR) is 191 cm³/mol. The third-order valence-corrected chi connectivity index (χ3v) is 10.9. The Morgan fingerprint density at radius 1 is 1.04 bits per heavy atom. The summed E-state index contributed by atoms with van der Waals surface area (Å²) in [7, 11) is 0. The second kappa shape index (κ2) is 12.9. The molecular formula is C38H45F3N8O2. The fourth-order valence-corrected chi connectivity index (χ4v) is 8.05. The molecule has 0 radical (unpaired) electrons. The average Bonchev–Trinajstić information content (AvgIpc) is 3.60. The highest BCUT2D eigenvalue weighted by atomic mass is 19.3.